The first-order chi connectivity index (χ1) is 19.7. The van der Waals surface area contributed by atoms with Gasteiger partial charge in [0.15, 0.2) is 11.5 Å². The van der Waals surface area contributed by atoms with Gasteiger partial charge in [-0.15, -0.1) is 0 Å². The van der Waals surface area contributed by atoms with Crippen LogP contribution in [0.4, 0.5) is 35.0 Å². The molecule has 42 heavy (non-hydrogen) atoms. The summed E-state index contributed by atoms with van der Waals surface area (Å²) in [4.78, 5) is 59.6. The van der Waals surface area contributed by atoms with Crippen LogP contribution in [0.15, 0.2) is 60.2 Å². The Balaban J connectivity index is 1.72. The Labute approximate surface area is 245 Å². The van der Waals surface area contributed by atoms with Gasteiger partial charge in [0.25, 0.3) is 17.5 Å². The summed E-state index contributed by atoms with van der Waals surface area (Å²) in [5.74, 6) is -2.84. The zero-order chi connectivity index (χ0) is 30.9. The Bertz CT molecular complexity index is 1710. The number of nitro groups is 2. The second-order valence-electron chi connectivity index (χ2n) is 8.31. The Morgan fingerprint density at radius 2 is 1.69 bits per heavy atom. The molecule has 4 rings (SSSR count). The lowest BCUT2D eigenvalue weighted by atomic mass is 10.1. The molecule has 1 fully saturated rings. The lowest BCUT2D eigenvalue weighted by molar-refractivity contribution is -0.385. The number of ether oxygens (including phenoxy) is 2. The van der Waals surface area contributed by atoms with Gasteiger partial charge in [-0.2, -0.15) is 13.2 Å². The number of urea groups is 1. The number of nitrogens with zero attached hydrogens (tertiary/aromatic N) is 3. The molecule has 13 nitrogen and oxygen atoms in total. The van der Waals surface area contributed by atoms with Gasteiger partial charge in [-0.25, -0.2) is 9.69 Å². The number of imide groups is 2. The van der Waals surface area contributed by atoms with E-state index in [1.165, 1.54) is 31.4 Å². The van der Waals surface area contributed by atoms with E-state index >= 15 is 0 Å². The Hall–Kier alpha value is -5.07. The van der Waals surface area contributed by atoms with Crippen molar-refractivity contribution in [3.8, 4) is 17.2 Å². The number of rotatable bonds is 7. The maximum Gasteiger partial charge on any atom is 0.416 e. The van der Waals surface area contributed by atoms with Crippen molar-refractivity contribution in [2.45, 2.75) is 6.18 Å². The molecule has 0 unspecified atom stereocenters. The van der Waals surface area contributed by atoms with E-state index in [1.807, 2.05) is 5.32 Å². The predicted octanol–water partition coefficient (Wildman–Crippen LogP) is 5.59. The second-order valence-corrected chi connectivity index (χ2v) is 9.47. The van der Waals surface area contributed by atoms with Crippen LogP contribution in [0.2, 0.25) is 0 Å². The van der Waals surface area contributed by atoms with E-state index < -0.39 is 62.1 Å². The van der Waals surface area contributed by atoms with Crippen molar-refractivity contribution in [2.24, 2.45) is 0 Å². The number of nitrogens with one attached hydrogen (secondary N) is 1. The van der Waals surface area contributed by atoms with Gasteiger partial charge in [-0.1, -0.05) is 6.07 Å². The molecule has 3 aromatic carbocycles. The van der Waals surface area contributed by atoms with Crippen LogP contribution in [0.5, 0.6) is 17.2 Å². The zero-order valence-corrected chi connectivity index (χ0v) is 23.0. The summed E-state index contributed by atoms with van der Waals surface area (Å²) in [6, 6.07) is 7.88. The van der Waals surface area contributed by atoms with Crippen molar-refractivity contribution in [2.75, 3.05) is 12.0 Å². The molecule has 0 spiro atoms. The van der Waals surface area contributed by atoms with Crippen LogP contribution in [-0.2, 0) is 15.8 Å². The maximum absolute atomic E-state index is 13.2. The predicted molar refractivity (Wildman–Crippen MR) is 146 cm³/mol. The highest BCUT2D eigenvalue weighted by Gasteiger charge is 2.38. The molecule has 17 heteroatoms. The summed E-state index contributed by atoms with van der Waals surface area (Å²) in [6.45, 7) is 0. The fourth-order valence-electron chi connectivity index (χ4n) is 3.76. The molecule has 1 aliphatic rings. The highest BCUT2D eigenvalue weighted by molar-refractivity contribution is 14.1. The Morgan fingerprint density at radius 1 is 0.976 bits per heavy atom. The fourth-order valence-corrected chi connectivity index (χ4v) is 4.49. The molecule has 0 bridgehead atoms. The summed E-state index contributed by atoms with van der Waals surface area (Å²) < 4.78 is 50.3. The van der Waals surface area contributed by atoms with Crippen LogP contribution in [0.25, 0.3) is 6.08 Å². The average Bonchev–Trinajstić information content (AvgIpc) is 2.91. The first kappa shape index (κ1) is 29.9. The molecule has 0 saturated carbocycles. The van der Waals surface area contributed by atoms with Gasteiger partial charge >= 0.3 is 17.9 Å². The van der Waals surface area contributed by atoms with Gasteiger partial charge in [0.1, 0.15) is 5.57 Å². The molecule has 1 N–H and O–H groups in total. The molecule has 0 aromatic heterocycles. The summed E-state index contributed by atoms with van der Waals surface area (Å²) in [5, 5.41) is 24.6. The van der Waals surface area contributed by atoms with Crippen molar-refractivity contribution in [3.05, 3.63) is 95.1 Å². The highest BCUT2D eigenvalue weighted by Crippen LogP contribution is 2.42. The van der Waals surface area contributed by atoms with Crippen LogP contribution >= 0.6 is 22.6 Å². The maximum atomic E-state index is 13.2. The molecule has 1 saturated heterocycles. The van der Waals surface area contributed by atoms with E-state index in [-0.39, 0.29) is 26.3 Å². The lowest BCUT2D eigenvalue weighted by Crippen LogP contribution is -2.54. The molecule has 3 aromatic rings. The normalized spacial score (nSPS) is 14.5. The quantitative estimate of drug-likeness (QED) is 0.109. The highest BCUT2D eigenvalue weighted by atomic mass is 127. The first-order valence-corrected chi connectivity index (χ1v) is 12.4. The van der Waals surface area contributed by atoms with Crippen LogP contribution in [-0.4, -0.2) is 34.8 Å². The number of halogens is 4. The van der Waals surface area contributed by atoms with Crippen molar-refractivity contribution in [1.82, 2.24) is 5.32 Å². The molecule has 4 amide bonds. The van der Waals surface area contributed by atoms with E-state index in [4.69, 9.17) is 9.47 Å². The molecular formula is C25H14F3IN4O9. The van der Waals surface area contributed by atoms with E-state index in [2.05, 4.69) is 0 Å². The van der Waals surface area contributed by atoms with E-state index in [9.17, 15) is 47.8 Å². The molecule has 216 valence electrons. The van der Waals surface area contributed by atoms with Crippen LogP contribution in [0.1, 0.15) is 11.1 Å². The number of benzene rings is 3. The van der Waals surface area contributed by atoms with Gasteiger partial charge in [0.2, 0.25) is 5.75 Å². The molecular weight excluding hydrogens is 684 g/mol. The van der Waals surface area contributed by atoms with Gasteiger partial charge in [-0.3, -0.25) is 35.1 Å². The van der Waals surface area contributed by atoms with E-state index in [0.717, 1.165) is 24.3 Å². The minimum Gasteiger partial charge on any atom is -0.493 e. The monoisotopic (exact) mass is 698 g/mol. The first-order valence-electron chi connectivity index (χ1n) is 11.3. The third kappa shape index (κ3) is 5.99. The summed E-state index contributed by atoms with van der Waals surface area (Å²) in [7, 11) is 1.21. The van der Waals surface area contributed by atoms with Gasteiger partial charge < -0.3 is 9.47 Å². The Morgan fingerprint density at radius 3 is 2.31 bits per heavy atom. The number of amides is 4. The smallest absolute Gasteiger partial charge is 0.416 e. The number of nitro benzene ring substituents is 2. The number of barbiturate groups is 1. The van der Waals surface area contributed by atoms with Gasteiger partial charge in [0, 0.05) is 18.2 Å². The largest absolute Gasteiger partial charge is 0.493 e. The zero-order valence-electron chi connectivity index (χ0n) is 20.8. The summed E-state index contributed by atoms with van der Waals surface area (Å²) in [5.41, 5.74) is -3.14. The second kappa shape index (κ2) is 11.4. The minimum absolute atomic E-state index is 0.0711. The van der Waals surface area contributed by atoms with Crippen LogP contribution < -0.4 is 19.7 Å². The third-order valence-corrected chi connectivity index (χ3v) is 6.46. The molecule has 0 aliphatic carbocycles. The van der Waals surface area contributed by atoms with Crippen molar-refractivity contribution >= 4 is 63.6 Å². The molecule has 0 radical (unpaired) electrons. The molecule has 1 heterocycles. The summed E-state index contributed by atoms with van der Waals surface area (Å²) in [6.07, 6.45) is -3.73. The fraction of sp³-hybridized carbons (Fsp3) is 0.0800. The number of carbonyl (C=O) groups excluding carboxylic acids is 3. The molecule has 0 atom stereocenters. The number of methoxy groups -OCH3 is 1. The van der Waals surface area contributed by atoms with Crippen molar-refractivity contribution in [3.63, 3.8) is 0 Å². The number of anilines is 1. The molecule has 1 aliphatic heterocycles. The van der Waals surface area contributed by atoms with E-state index in [0.29, 0.717) is 17.0 Å². The minimum atomic E-state index is -4.83. The Kier molecular flexibility index (Phi) is 8.14. The lowest BCUT2D eigenvalue weighted by Gasteiger charge is -2.26. The van der Waals surface area contributed by atoms with Crippen LogP contribution in [0.3, 0.4) is 0 Å². The van der Waals surface area contributed by atoms with E-state index in [1.54, 1.807) is 22.6 Å². The van der Waals surface area contributed by atoms with Gasteiger partial charge in [-0.05, 0) is 64.6 Å². The number of non-ortho nitro benzene ring substituents is 1. The van der Waals surface area contributed by atoms with Crippen molar-refractivity contribution < 1.29 is 46.9 Å². The standard InChI is InChI=1S/C25H14F3IN4O9/c1-41-20-9-12(8-17(29)21(20)42-19-6-5-13(25(26,27)28)10-18(19)33(39)40)7-16-22(34)30-24(36)31(23(16)35)14-3-2-4-15(11-14)32(37)38/h2-11H,1H3,(H,30,34,36)/b16-7+. The number of alkyl halides is 3. The number of hydrogen-bond acceptors (Lipinski definition) is 9. The number of carbonyl (C=O) groups is 3. The van der Waals surface area contributed by atoms with Gasteiger partial charge in [0.05, 0.1) is 31.8 Å². The third-order valence-electron chi connectivity index (χ3n) is 5.66. The van der Waals surface area contributed by atoms with Crippen LogP contribution in [0, 0.1) is 23.8 Å². The summed E-state index contributed by atoms with van der Waals surface area (Å²) >= 11 is 1.74. The number of hydrogen-bond donors (Lipinski definition) is 1. The topological polar surface area (TPSA) is 171 Å². The van der Waals surface area contributed by atoms with Crippen molar-refractivity contribution in [1.29, 1.82) is 0 Å². The average molecular weight is 698 g/mol. The SMILES string of the molecule is COc1cc(/C=C2\C(=O)NC(=O)N(c3cccc([N+](=O)[O-])c3)C2=O)cc(I)c1Oc1ccc(C(F)(F)F)cc1[N+](=O)[O-].